The van der Waals surface area contributed by atoms with E-state index in [-0.39, 0.29) is 18.5 Å². The second-order valence-corrected chi connectivity index (χ2v) is 3.25. The third kappa shape index (κ3) is 3.74. The first-order valence-corrected chi connectivity index (χ1v) is 4.22. The third-order valence-electron chi connectivity index (χ3n) is 2.01. The van der Waals surface area contributed by atoms with Gasteiger partial charge in [-0.1, -0.05) is 6.07 Å². The first-order valence-electron chi connectivity index (χ1n) is 4.22. The summed E-state index contributed by atoms with van der Waals surface area (Å²) < 4.78 is 86.4. The van der Waals surface area contributed by atoms with Crippen LogP contribution in [0.1, 0.15) is 17.2 Å². The third-order valence-corrected chi connectivity index (χ3v) is 2.01. The van der Waals surface area contributed by atoms with Crippen molar-refractivity contribution < 1.29 is 30.7 Å². The maximum Gasteiger partial charge on any atom is 0.416 e. The highest BCUT2D eigenvalue weighted by atomic mass is 35.5. The van der Waals surface area contributed by atoms with Crippen LogP contribution >= 0.6 is 12.4 Å². The molecule has 1 aromatic rings. The summed E-state index contributed by atoms with van der Waals surface area (Å²) in [7, 11) is 0. The van der Waals surface area contributed by atoms with Gasteiger partial charge in [-0.3, -0.25) is 0 Å². The number of nitrogens with two attached hydrogens (primary N) is 1. The van der Waals surface area contributed by atoms with Crippen molar-refractivity contribution in [2.75, 3.05) is 0 Å². The maximum atomic E-state index is 12.6. The van der Waals surface area contributed by atoms with Crippen LogP contribution in [0.15, 0.2) is 18.2 Å². The number of hydrogen-bond acceptors (Lipinski definition) is 1. The summed E-state index contributed by atoms with van der Waals surface area (Å²) in [6, 6.07) is -1.94. The van der Waals surface area contributed by atoms with E-state index in [9.17, 15) is 30.7 Å². The minimum atomic E-state index is -5.10. The van der Waals surface area contributed by atoms with Crippen LogP contribution in [0.3, 0.4) is 0 Å². The molecule has 1 nitrogen and oxygen atoms in total. The Morgan fingerprint density at radius 2 is 1.50 bits per heavy atom. The summed E-state index contributed by atoms with van der Waals surface area (Å²) in [6.07, 6.45) is -10.1. The van der Waals surface area contributed by atoms with Crippen molar-refractivity contribution in [3.63, 3.8) is 0 Å². The predicted octanol–water partition coefficient (Wildman–Crippen LogP) is 3.83. The Morgan fingerprint density at radius 3 is 1.89 bits per heavy atom. The van der Waals surface area contributed by atoms with Crippen LogP contribution in [0.25, 0.3) is 0 Å². The largest absolute Gasteiger partial charge is 0.416 e. The van der Waals surface area contributed by atoms with E-state index in [1.807, 2.05) is 0 Å². The standard InChI is InChI=1S/C9H6F7N.ClH/c10-4-1-2-5(7(17)9(14,15)16)6(3-4)8(11,12)13;/h1-3,7H,17H2;1H/t7-;/m1./s1. The lowest BCUT2D eigenvalue weighted by Crippen LogP contribution is -2.30. The van der Waals surface area contributed by atoms with Crippen molar-refractivity contribution in [1.82, 2.24) is 0 Å². The van der Waals surface area contributed by atoms with Crippen LogP contribution in [0.5, 0.6) is 0 Å². The van der Waals surface area contributed by atoms with E-state index in [4.69, 9.17) is 0 Å². The van der Waals surface area contributed by atoms with Gasteiger partial charge in [0.1, 0.15) is 11.9 Å². The van der Waals surface area contributed by atoms with Gasteiger partial charge in [0.2, 0.25) is 0 Å². The fourth-order valence-corrected chi connectivity index (χ4v) is 1.22. The van der Waals surface area contributed by atoms with E-state index in [0.717, 1.165) is 0 Å². The Balaban J connectivity index is 0.00000289. The van der Waals surface area contributed by atoms with E-state index in [1.54, 1.807) is 0 Å². The minimum Gasteiger partial charge on any atom is -0.316 e. The van der Waals surface area contributed by atoms with Crippen LogP contribution in [0.4, 0.5) is 30.7 Å². The molecule has 0 bridgehead atoms. The summed E-state index contributed by atoms with van der Waals surface area (Å²) in [5.74, 6) is -1.28. The Labute approximate surface area is 103 Å². The molecule has 1 aromatic carbocycles. The lowest BCUT2D eigenvalue weighted by molar-refractivity contribution is -0.155. The zero-order valence-electron chi connectivity index (χ0n) is 8.44. The van der Waals surface area contributed by atoms with Gasteiger partial charge in [-0.15, -0.1) is 12.4 Å². The first kappa shape index (κ1) is 17.0. The molecule has 0 aliphatic rings. The van der Waals surface area contributed by atoms with E-state index in [0.29, 0.717) is 12.1 Å². The summed E-state index contributed by atoms with van der Waals surface area (Å²) in [4.78, 5) is 0. The van der Waals surface area contributed by atoms with Crippen molar-refractivity contribution in [3.05, 3.63) is 35.1 Å². The lowest BCUT2D eigenvalue weighted by atomic mass is 10.00. The molecule has 0 radical (unpaired) electrons. The highest BCUT2D eigenvalue weighted by Gasteiger charge is 2.43. The molecule has 0 spiro atoms. The van der Waals surface area contributed by atoms with Gasteiger partial charge < -0.3 is 5.73 Å². The topological polar surface area (TPSA) is 26.0 Å². The van der Waals surface area contributed by atoms with Gasteiger partial charge >= 0.3 is 12.4 Å². The summed E-state index contributed by atoms with van der Waals surface area (Å²) in [6.45, 7) is 0. The van der Waals surface area contributed by atoms with Gasteiger partial charge in [-0.25, -0.2) is 4.39 Å². The van der Waals surface area contributed by atoms with Crippen LogP contribution in [0.2, 0.25) is 0 Å². The zero-order chi connectivity index (χ0) is 13.4. The normalized spacial score (nSPS) is 14.0. The number of hydrogen-bond donors (Lipinski definition) is 1. The molecule has 0 saturated carbocycles. The van der Waals surface area contributed by atoms with Crippen molar-refractivity contribution >= 4 is 12.4 Å². The number of halogens is 8. The van der Waals surface area contributed by atoms with Crippen molar-refractivity contribution in [2.45, 2.75) is 18.4 Å². The zero-order valence-corrected chi connectivity index (χ0v) is 9.26. The molecule has 1 rings (SSSR count). The SMILES string of the molecule is Cl.N[C@H](c1ccc(F)cc1C(F)(F)F)C(F)(F)F. The molecule has 18 heavy (non-hydrogen) atoms. The number of rotatable bonds is 1. The Bertz CT molecular complexity index is 412. The minimum absolute atomic E-state index is 0. The highest BCUT2D eigenvalue weighted by molar-refractivity contribution is 5.85. The second-order valence-electron chi connectivity index (χ2n) is 3.25. The molecule has 0 aromatic heterocycles. The first-order chi connectivity index (χ1) is 7.53. The quantitative estimate of drug-likeness (QED) is 0.783. The molecule has 0 heterocycles. The molecule has 0 amide bonds. The molecular weight excluding hydrogens is 291 g/mol. The molecule has 0 aliphatic heterocycles. The lowest BCUT2D eigenvalue weighted by Gasteiger charge is -2.20. The fourth-order valence-electron chi connectivity index (χ4n) is 1.22. The predicted molar refractivity (Wildman–Crippen MR) is 51.6 cm³/mol. The molecular formula is C9H7ClF7N. The van der Waals surface area contributed by atoms with Gasteiger partial charge in [0, 0.05) is 0 Å². The summed E-state index contributed by atoms with van der Waals surface area (Å²) in [5, 5.41) is 0. The second kappa shape index (κ2) is 5.31. The molecule has 0 saturated heterocycles. The smallest absolute Gasteiger partial charge is 0.316 e. The number of benzene rings is 1. The Morgan fingerprint density at radius 1 is 1.00 bits per heavy atom. The van der Waals surface area contributed by atoms with Gasteiger partial charge in [-0.2, -0.15) is 26.3 Å². The van der Waals surface area contributed by atoms with Crippen LogP contribution < -0.4 is 5.73 Å². The molecule has 9 heteroatoms. The van der Waals surface area contributed by atoms with Gasteiger partial charge in [0.05, 0.1) is 5.56 Å². The van der Waals surface area contributed by atoms with Gasteiger partial charge in [0.15, 0.2) is 0 Å². The monoisotopic (exact) mass is 297 g/mol. The van der Waals surface area contributed by atoms with Crippen LogP contribution in [0, 0.1) is 5.82 Å². The van der Waals surface area contributed by atoms with E-state index in [2.05, 4.69) is 5.73 Å². The average Bonchev–Trinajstić information content (AvgIpc) is 2.14. The van der Waals surface area contributed by atoms with Gasteiger partial charge in [0.25, 0.3) is 0 Å². The van der Waals surface area contributed by atoms with Crippen LogP contribution in [-0.4, -0.2) is 6.18 Å². The Kier molecular flexibility index (Phi) is 5.01. The molecule has 0 fully saturated rings. The maximum absolute atomic E-state index is 12.6. The molecule has 104 valence electrons. The summed E-state index contributed by atoms with van der Waals surface area (Å²) >= 11 is 0. The van der Waals surface area contributed by atoms with Crippen molar-refractivity contribution in [1.29, 1.82) is 0 Å². The van der Waals surface area contributed by atoms with Crippen molar-refractivity contribution in [3.8, 4) is 0 Å². The molecule has 1 atom stereocenters. The molecule has 0 aliphatic carbocycles. The molecule has 0 unspecified atom stereocenters. The van der Waals surface area contributed by atoms with Gasteiger partial charge in [-0.05, 0) is 17.7 Å². The van der Waals surface area contributed by atoms with E-state index >= 15 is 0 Å². The molecule has 2 N–H and O–H groups in total. The number of alkyl halides is 6. The Hall–Kier alpha value is -1.02. The van der Waals surface area contributed by atoms with E-state index in [1.165, 1.54) is 0 Å². The highest BCUT2D eigenvalue weighted by Crippen LogP contribution is 2.39. The van der Waals surface area contributed by atoms with Crippen molar-refractivity contribution in [2.24, 2.45) is 5.73 Å². The average molecular weight is 298 g/mol. The van der Waals surface area contributed by atoms with E-state index < -0.39 is 35.3 Å². The fraction of sp³-hybridized carbons (Fsp3) is 0.333. The summed E-state index contributed by atoms with van der Waals surface area (Å²) in [5.41, 5.74) is 1.75. The van der Waals surface area contributed by atoms with Crippen LogP contribution in [-0.2, 0) is 6.18 Å².